The lowest BCUT2D eigenvalue weighted by Gasteiger charge is -2.41. The summed E-state index contributed by atoms with van der Waals surface area (Å²) in [5, 5.41) is 0.00203. The maximum atomic E-state index is 12.7. The van der Waals surface area contributed by atoms with E-state index in [0.717, 1.165) is 10.5 Å². The van der Waals surface area contributed by atoms with Crippen molar-refractivity contribution < 1.29 is 18.8 Å². The van der Waals surface area contributed by atoms with Gasteiger partial charge in [-0.05, 0) is 25.1 Å². The lowest BCUT2D eigenvalue weighted by atomic mass is 9.96. The summed E-state index contributed by atoms with van der Waals surface area (Å²) in [4.78, 5) is 25.5. The van der Waals surface area contributed by atoms with Crippen molar-refractivity contribution >= 4 is 20.3 Å². The van der Waals surface area contributed by atoms with Crippen molar-refractivity contribution in [2.24, 2.45) is 5.92 Å². The summed E-state index contributed by atoms with van der Waals surface area (Å²) in [7, 11) is -2.11. The molecule has 0 aromatic heterocycles. The fourth-order valence-electron chi connectivity index (χ4n) is 2.10. The van der Waals surface area contributed by atoms with Gasteiger partial charge in [-0.1, -0.05) is 39.0 Å². The number of ether oxygens (including phenoxy) is 1. The van der Waals surface area contributed by atoms with Crippen molar-refractivity contribution in [3.05, 3.63) is 24.8 Å². The first kappa shape index (κ1) is 19.6. The minimum absolute atomic E-state index is 0.00203. The summed E-state index contributed by atoms with van der Waals surface area (Å²) >= 11 is 0. The highest BCUT2D eigenvalue weighted by molar-refractivity contribution is 6.74. The van der Waals surface area contributed by atoms with Crippen LogP contribution in [-0.4, -0.2) is 44.5 Å². The average molecular weight is 340 g/mol. The van der Waals surface area contributed by atoms with Crippen molar-refractivity contribution in [2.75, 3.05) is 13.2 Å². The van der Waals surface area contributed by atoms with Crippen LogP contribution in [0.25, 0.3) is 0 Å². The largest absolute Gasteiger partial charge is 0.447 e. The molecule has 6 heteroatoms. The van der Waals surface area contributed by atoms with E-state index < -0.39 is 26.4 Å². The number of hydrogen-bond donors (Lipinski definition) is 0. The molecule has 1 fully saturated rings. The molecule has 0 bridgehead atoms. The van der Waals surface area contributed by atoms with Crippen molar-refractivity contribution in [3.8, 4) is 0 Å². The van der Waals surface area contributed by atoms with E-state index in [1.807, 2.05) is 6.92 Å². The molecular formula is C17H29NO4Si. The highest BCUT2D eigenvalue weighted by Crippen LogP contribution is 2.39. The molecule has 130 valence electrons. The zero-order valence-electron chi connectivity index (χ0n) is 15.1. The summed E-state index contributed by atoms with van der Waals surface area (Å²) in [6.07, 6.45) is 0.449. The Morgan fingerprint density at radius 3 is 2.35 bits per heavy atom. The molecule has 0 aromatic carbocycles. The summed E-state index contributed by atoms with van der Waals surface area (Å²) in [5.74, 6) is -0.985. The van der Waals surface area contributed by atoms with Gasteiger partial charge in [-0.15, -0.1) is 6.58 Å². The molecule has 2 atom stereocenters. The highest BCUT2D eigenvalue weighted by Gasteiger charge is 2.43. The van der Waals surface area contributed by atoms with E-state index in [1.54, 1.807) is 6.08 Å². The first-order chi connectivity index (χ1) is 10.4. The molecule has 0 N–H and O–H groups in total. The fraction of sp³-hybridized carbons (Fsp3) is 0.647. The Bertz CT molecular complexity index is 507. The summed E-state index contributed by atoms with van der Waals surface area (Å²) in [5.41, 5.74) is 0.751. The van der Waals surface area contributed by atoms with Crippen LogP contribution in [0.3, 0.4) is 0 Å². The average Bonchev–Trinajstić information content (AvgIpc) is 2.82. The molecule has 0 unspecified atom stereocenters. The van der Waals surface area contributed by atoms with Crippen molar-refractivity contribution in [1.82, 2.24) is 4.90 Å². The lowest BCUT2D eigenvalue weighted by molar-refractivity contribution is -0.132. The predicted molar refractivity (Wildman–Crippen MR) is 93.6 cm³/mol. The number of carbonyl (C=O) groups is 2. The van der Waals surface area contributed by atoms with Crippen LogP contribution in [0.5, 0.6) is 0 Å². The van der Waals surface area contributed by atoms with Crippen LogP contribution < -0.4 is 0 Å². The molecule has 1 rings (SSSR count). The van der Waals surface area contributed by atoms with Gasteiger partial charge in [0.2, 0.25) is 5.91 Å². The van der Waals surface area contributed by atoms with Crippen LogP contribution in [0, 0.1) is 5.92 Å². The Kier molecular flexibility index (Phi) is 5.98. The zero-order chi connectivity index (χ0) is 18.0. The lowest BCUT2D eigenvalue weighted by Crippen LogP contribution is -2.49. The third kappa shape index (κ3) is 4.32. The van der Waals surface area contributed by atoms with Crippen molar-refractivity contribution in [3.63, 3.8) is 0 Å². The number of rotatable bonds is 6. The Hall–Kier alpha value is -1.40. The first-order valence-electron chi connectivity index (χ1n) is 7.86. The minimum atomic E-state index is -2.11. The molecule has 1 aliphatic rings. The number of carbonyl (C=O) groups excluding carboxylic acids is 2. The normalized spacial score (nSPS) is 18.3. The molecule has 1 heterocycles. The number of nitrogens with zero attached hydrogens (tertiary/aromatic N) is 1. The summed E-state index contributed by atoms with van der Waals surface area (Å²) in [6, 6.07) is 0. The zero-order valence-corrected chi connectivity index (χ0v) is 16.1. The molecule has 0 aliphatic carbocycles. The van der Waals surface area contributed by atoms with E-state index in [0.29, 0.717) is 0 Å². The molecular weight excluding hydrogens is 310 g/mol. The molecule has 23 heavy (non-hydrogen) atoms. The van der Waals surface area contributed by atoms with Crippen LogP contribution in [0.1, 0.15) is 27.7 Å². The van der Waals surface area contributed by atoms with E-state index in [-0.39, 0.29) is 24.1 Å². The van der Waals surface area contributed by atoms with E-state index in [2.05, 4.69) is 47.0 Å². The Morgan fingerprint density at radius 2 is 2.00 bits per heavy atom. The van der Waals surface area contributed by atoms with E-state index in [1.165, 1.54) is 0 Å². The number of cyclic esters (lactones) is 1. The maximum Gasteiger partial charge on any atom is 0.416 e. The van der Waals surface area contributed by atoms with Crippen molar-refractivity contribution in [2.45, 2.75) is 51.9 Å². The van der Waals surface area contributed by atoms with Crippen LogP contribution in [0.2, 0.25) is 18.1 Å². The molecule has 0 saturated carbocycles. The quantitative estimate of drug-likeness (QED) is 0.546. The van der Waals surface area contributed by atoms with Gasteiger partial charge in [0.1, 0.15) is 6.61 Å². The van der Waals surface area contributed by atoms with Gasteiger partial charge in [-0.2, -0.15) is 0 Å². The Labute approximate surface area is 140 Å². The van der Waals surface area contributed by atoms with Crippen LogP contribution in [-0.2, 0) is 14.0 Å². The van der Waals surface area contributed by atoms with Gasteiger partial charge >= 0.3 is 6.09 Å². The smallest absolute Gasteiger partial charge is 0.416 e. The van der Waals surface area contributed by atoms with Gasteiger partial charge in [-0.25, -0.2) is 9.69 Å². The Balaban J connectivity index is 3.06. The van der Waals surface area contributed by atoms with Crippen LogP contribution in [0.15, 0.2) is 24.8 Å². The molecule has 0 spiro atoms. The third-order valence-electron chi connectivity index (χ3n) is 4.61. The number of hydrogen-bond acceptors (Lipinski definition) is 4. The maximum absolute atomic E-state index is 12.7. The third-order valence-corrected chi connectivity index (χ3v) is 9.06. The topological polar surface area (TPSA) is 55.8 Å². The molecule has 2 amide bonds. The van der Waals surface area contributed by atoms with E-state index >= 15 is 0 Å². The summed E-state index contributed by atoms with van der Waals surface area (Å²) in [6.45, 7) is 20.7. The monoisotopic (exact) mass is 339 g/mol. The van der Waals surface area contributed by atoms with Crippen LogP contribution >= 0.6 is 0 Å². The highest BCUT2D eigenvalue weighted by atomic mass is 28.4. The number of amides is 2. The van der Waals surface area contributed by atoms with E-state index in [4.69, 9.17) is 9.16 Å². The van der Waals surface area contributed by atoms with Gasteiger partial charge in [-0.3, -0.25) is 4.79 Å². The minimum Gasteiger partial charge on any atom is -0.447 e. The molecule has 1 saturated heterocycles. The van der Waals surface area contributed by atoms with Crippen molar-refractivity contribution in [1.29, 1.82) is 0 Å². The van der Waals surface area contributed by atoms with E-state index in [9.17, 15) is 9.59 Å². The fourth-order valence-corrected chi connectivity index (χ4v) is 3.44. The molecule has 0 radical (unpaired) electrons. The summed E-state index contributed by atoms with van der Waals surface area (Å²) < 4.78 is 11.3. The second kappa shape index (κ2) is 7.01. The second-order valence-electron chi connectivity index (χ2n) is 7.51. The molecule has 1 aliphatic heterocycles. The predicted octanol–water partition coefficient (Wildman–Crippen LogP) is 3.73. The van der Waals surface area contributed by atoms with Gasteiger partial charge in [0.25, 0.3) is 0 Å². The van der Waals surface area contributed by atoms with Crippen LogP contribution in [0.4, 0.5) is 4.79 Å². The van der Waals surface area contributed by atoms with Gasteiger partial charge in [0.15, 0.2) is 8.32 Å². The number of imide groups is 1. The van der Waals surface area contributed by atoms with Gasteiger partial charge < -0.3 is 9.16 Å². The van der Waals surface area contributed by atoms with Gasteiger partial charge in [0, 0.05) is 0 Å². The Morgan fingerprint density at radius 1 is 1.43 bits per heavy atom. The molecule has 0 aromatic rings. The molecule has 5 nitrogen and oxygen atoms in total. The standard InChI is InChI=1S/C17H29NO4Si/c1-9-13(15(19)18-10-11-21-16(18)20)14(12(2)3)22-23(7,8)17(4,5)6/h9,13-14H,1-2,10-11H2,3-8H3/t13-,14+/m1/s1. The van der Waals surface area contributed by atoms with Gasteiger partial charge in [0.05, 0.1) is 18.6 Å². The SMILES string of the molecule is C=C[C@@H](C(=O)N1CCOC1=O)[C@@H](O[Si](C)(C)C(C)(C)C)C(=C)C. The second-order valence-corrected chi connectivity index (χ2v) is 12.3. The first-order valence-corrected chi connectivity index (χ1v) is 10.8.